The van der Waals surface area contributed by atoms with E-state index in [2.05, 4.69) is 12.0 Å². The summed E-state index contributed by atoms with van der Waals surface area (Å²) in [4.78, 5) is 0.162. The predicted octanol–water partition coefficient (Wildman–Crippen LogP) is 4.27. The molecule has 0 radical (unpaired) electrons. The highest BCUT2D eigenvalue weighted by molar-refractivity contribution is 7.89. The van der Waals surface area contributed by atoms with Crippen molar-refractivity contribution >= 4 is 10.0 Å². The molecule has 0 amide bonds. The average Bonchev–Trinajstić information content (AvgIpc) is 3.51. The Morgan fingerprint density at radius 3 is 2.66 bits per heavy atom. The van der Waals surface area contributed by atoms with Gasteiger partial charge in [0.2, 0.25) is 10.0 Å². The van der Waals surface area contributed by atoms with Crippen LogP contribution >= 0.6 is 0 Å². The lowest BCUT2D eigenvalue weighted by atomic mass is 9.80. The third-order valence-corrected chi connectivity index (χ3v) is 9.29. The Morgan fingerprint density at radius 2 is 2.00 bits per heavy atom. The molecule has 7 nitrogen and oxygen atoms in total. The van der Waals surface area contributed by atoms with Gasteiger partial charge >= 0.3 is 0 Å². The molecule has 2 aliphatic carbocycles. The fraction of sp³-hybridized carbons (Fsp3) is 0.423. The Bertz CT molecular complexity index is 1390. The van der Waals surface area contributed by atoms with E-state index in [1.54, 1.807) is 32.0 Å². The molecule has 0 bridgehead atoms. The number of nitrogens with zero attached hydrogens (tertiary/aromatic N) is 3. The molecule has 5 rings (SSSR count). The molecule has 9 heteroatoms. The maximum atomic E-state index is 13.5. The van der Waals surface area contributed by atoms with Crippen LogP contribution in [0.25, 0.3) is 5.69 Å². The van der Waals surface area contributed by atoms with Crippen LogP contribution in [0, 0.1) is 25.6 Å². The van der Waals surface area contributed by atoms with Gasteiger partial charge in [0, 0.05) is 31.0 Å². The average molecular weight is 500 g/mol. The van der Waals surface area contributed by atoms with Crippen molar-refractivity contribution in [1.82, 2.24) is 14.1 Å². The minimum Gasteiger partial charge on any atom is -0.465 e. The summed E-state index contributed by atoms with van der Waals surface area (Å²) >= 11 is 0. The number of sulfonamides is 1. The molecular formula is C26H30FN3O4S. The second kappa shape index (κ2) is 9.04. The number of aromatic nitrogens is 2. The Kier molecular flexibility index (Phi) is 6.19. The van der Waals surface area contributed by atoms with Gasteiger partial charge in [-0.2, -0.15) is 9.40 Å². The summed E-state index contributed by atoms with van der Waals surface area (Å²) in [7, 11) is -3.80. The molecule has 1 aromatic carbocycles. The number of aliphatic hydroxyl groups excluding tert-OH is 1. The summed E-state index contributed by atoms with van der Waals surface area (Å²) in [6.07, 6.45) is 4.39. The van der Waals surface area contributed by atoms with E-state index in [1.165, 1.54) is 27.6 Å². The summed E-state index contributed by atoms with van der Waals surface area (Å²) in [5, 5.41) is 14.3. The zero-order valence-corrected chi connectivity index (χ0v) is 21.0. The van der Waals surface area contributed by atoms with E-state index in [1.807, 2.05) is 10.9 Å². The second-order valence-electron chi connectivity index (χ2n) is 9.49. The van der Waals surface area contributed by atoms with Crippen LogP contribution in [0.15, 0.2) is 57.0 Å². The summed E-state index contributed by atoms with van der Waals surface area (Å²) < 4.78 is 49.1. The molecule has 0 saturated heterocycles. The number of furan rings is 1. The first-order valence-electron chi connectivity index (χ1n) is 11.9. The van der Waals surface area contributed by atoms with E-state index in [9.17, 15) is 17.9 Å². The summed E-state index contributed by atoms with van der Waals surface area (Å²) in [5.74, 6) is 0.794. The first kappa shape index (κ1) is 24.0. The lowest BCUT2D eigenvalue weighted by Gasteiger charge is -2.30. The minimum atomic E-state index is -3.80. The molecule has 2 aliphatic rings. The number of hydrogen-bond donors (Lipinski definition) is 1. The largest absolute Gasteiger partial charge is 0.465 e. The first-order valence-corrected chi connectivity index (χ1v) is 13.4. The predicted molar refractivity (Wildman–Crippen MR) is 129 cm³/mol. The molecule has 3 aromatic rings. The summed E-state index contributed by atoms with van der Waals surface area (Å²) in [5.41, 5.74) is 5.67. The zero-order chi connectivity index (χ0) is 24.9. The van der Waals surface area contributed by atoms with Gasteiger partial charge in [-0.05, 0) is 62.9 Å². The van der Waals surface area contributed by atoms with E-state index in [4.69, 9.17) is 4.42 Å². The van der Waals surface area contributed by atoms with Crippen LogP contribution < -0.4 is 0 Å². The van der Waals surface area contributed by atoms with Gasteiger partial charge in [-0.15, -0.1) is 0 Å². The molecule has 35 heavy (non-hydrogen) atoms. The van der Waals surface area contributed by atoms with Gasteiger partial charge < -0.3 is 9.52 Å². The molecule has 2 aromatic heterocycles. The smallest absolute Gasteiger partial charge is 0.246 e. The molecule has 0 spiro atoms. The Morgan fingerprint density at radius 1 is 1.26 bits per heavy atom. The fourth-order valence-electron chi connectivity index (χ4n) is 5.75. The van der Waals surface area contributed by atoms with Crippen LogP contribution in [-0.2, 0) is 16.4 Å². The van der Waals surface area contributed by atoms with Crippen LogP contribution in [-0.4, -0.2) is 47.3 Å². The van der Waals surface area contributed by atoms with Gasteiger partial charge in [0.05, 0.1) is 24.2 Å². The quantitative estimate of drug-likeness (QED) is 0.491. The van der Waals surface area contributed by atoms with Gasteiger partial charge in [0.1, 0.15) is 22.2 Å². The fourth-order valence-corrected chi connectivity index (χ4v) is 7.44. The number of halogens is 1. The van der Waals surface area contributed by atoms with Crippen molar-refractivity contribution in [3.05, 3.63) is 76.3 Å². The van der Waals surface area contributed by atoms with Crippen molar-refractivity contribution in [3.63, 3.8) is 0 Å². The minimum absolute atomic E-state index is 0.0350. The number of aliphatic hydroxyl groups is 1. The molecule has 2 atom stereocenters. The van der Waals surface area contributed by atoms with E-state index in [0.29, 0.717) is 18.1 Å². The van der Waals surface area contributed by atoms with E-state index < -0.39 is 10.0 Å². The van der Waals surface area contributed by atoms with Crippen LogP contribution in [0.1, 0.15) is 48.5 Å². The highest BCUT2D eigenvalue weighted by atomic mass is 32.2. The highest BCUT2D eigenvalue weighted by Crippen LogP contribution is 2.47. The van der Waals surface area contributed by atoms with Gasteiger partial charge in [-0.3, -0.25) is 0 Å². The second-order valence-corrected chi connectivity index (χ2v) is 11.4. The van der Waals surface area contributed by atoms with E-state index in [0.717, 1.165) is 36.2 Å². The zero-order valence-electron chi connectivity index (χ0n) is 20.2. The van der Waals surface area contributed by atoms with Crippen molar-refractivity contribution in [1.29, 1.82) is 0 Å². The molecule has 0 aliphatic heterocycles. The Hall–Kier alpha value is -2.75. The Labute approximate surface area is 204 Å². The molecule has 186 valence electrons. The highest BCUT2D eigenvalue weighted by Gasteiger charge is 2.39. The summed E-state index contributed by atoms with van der Waals surface area (Å²) in [6.45, 7) is 5.62. The molecular weight excluding hydrogens is 469 g/mol. The maximum Gasteiger partial charge on any atom is 0.246 e. The van der Waals surface area contributed by atoms with Crippen LogP contribution in [0.4, 0.5) is 4.39 Å². The number of allylic oxidation sites excluding steroid dienone is 1. The third-order valence-electron chi connectivity index (χ3n) is 7.32. The lowest BCUT2D eigenvalue weighted by Crippen LogP contribution is -2.38. The van der Waals surface area contributed by atoms with Gasteiger partial charge in [-0.1, -0.05) is 18.1 Å². The van der Waals surface area contributed by atoms with Crippen molar-refractivity contribution in [2.75, 3.05) is 19.7 Å². The van der Waals surface area contributed by atoms with E-state index >= 15 is 0 Å². The first-order chi connectivity index (χ1) is 16.7. The van der Waals surface area contributed by atoms with Crippen LogP contribution in [0.3, 0.4) is 0 Å². The monoisotopic (exact) mass is 499 g/mol. The number of hydrogen-bond acceptors (Lipinski definition) is 5. The molecule has 2 heterocycles. The van der Waals surface area contributed by atoms with Crippen molar-refractivity contribution in [3.8, 4) is 5.69 Å². The Balaban J connectivity index is 1.43. The van der Waals surface area contributed by atoms with Crippen molar-refractivity contribution < 1.29 is 22.3 Å². The molecule has 0 saturated carbocycles. The maximum absolute atomic E-state index is 13.5. The number of rotatable bonds is 7. The van der Waals surface area contributed by atoms with E-state index in [-0.39, 0.29) is 35.7 Å². The third kappa shape index (κ3) is 4.15. The number of fused-ring (bicyclic) bond motifs is 1. The standard InChI is InChI=1S/C26H30FN3O4S/c1-16-12-25(18(3)34-16)35(32,33)29(10-11-31)15-20-5-4-19-13-24-23(17(2)26(19)20)14-28-30(24)22-8-6-21(27)7-9-22/h6-9,12,14,17,20,31H,4-5,10-11,13,15H2,1-3H3/t17-,20+/m0/s1. The normalized spacial score (nSPS) is 19.9. The molecule has 1 N–H and O–H groups in total. The van der Waals surface area contributed by atoms with Gasteiger partial charge in [-0.25, -0.2) is 17.5 Å². The molecule has 0 fully saturated rings. The van der Waals surface area contributed by atoms with Gasteiger partial charge in [0.25, 0.3) is 0 Å². The number of benzene rings is 1. The topological polar surface area (TPSA) is 88.6 Å². The summed E-state index contributed by atoms with van der Waals surface area (Å²) in [6, 6.07) is 7.88. The number of aryl methyl sites for hydroxylation is 2. The SMILES string of the molecule is Cc1cc(S(=O)(=O)N(CCO)C[C@H]2CCC3=C2[C@@H](C)c2cnn(-c4ccc(F)cc4)c2C3)c(C)o1. The van der Waals surface area contributed by atoms with Crippen LogP contribution in [0.2, 0.25) is 0 Å². The van der Waals surface area contributed by atoms with Gasteiger partial charge in [0.15, 0.2) is 0 Å². The van der Waals surface area contributed by atoms with Crippen LogP contribution in [0.5, 0.6) is 0 Å². The van der Waals surface area contributed by atoms with Crippen molar-refractivity contribution in [2.24, 2.45) is 5.92 Å². The molecule has 0 unspecified atom stereocenters. The lowest BCUT2D eigenvalue weighted by molar-refractivity contribution is 0.243. The van der Waals surface area contributed by atoms with Crippen molar-refractivity contribution in [2.45, 2.75) is 50.8 Å².